The fourth-order valence-corrected chi connectivity index (χ4v) is 4.47. The molecule has 1 amide bonds. The maximum absolute atomic E-state index is 13.0. The summed E-state index contributed by atoms with van der Waals surface area (Å²) in [5, 5.41) is 16.7. The van der Waals surface area contributed by atoms with E-state index in [0.717, 1.165) is 6.07 Å². The summed E-state index contributed by atoms with van der Waals surface area (Å²) < 4.78 is 77.9. The van der Waals surface area contributed by atoms with Crippen molar-refractivity contribution in [2.24, 2.45) is 11.8 Å². The van der Waals surface area contributed by atoms with Crippen LogP contribution in [0.1, 0.15) is 48.9 Å². The van der Waals surface area contributed by atoms with E-state index in [4.69, 9.17) is 0 Å². The number of aromatic nitrogens is 1. The maximum atomic E-state index is 13.0. The van der Waals surface area contributed by atoms with E-state index in [0.29, 0.717) is 0 Å². The summed E-state index contributed by atoms with van der Waals surface area (Å²) in [6, 6.07) is 0.443. The minimum absolute atomic E-state index is 0.00273. The molecule has 34 heavy (non-hydrogen) atoms. The Bertz CT molecular complexity index is 907. The average Bonchev–Trinajstić information content (AvgIpc) is 2.77. The molecule has 2 fully saturated rings. The summed E-state index contributed by atoms with van der Waals surface area (Å²) in [6.07, 6.45) is -9.22. The van der Waals surface area contributed by atoms with Gasteiger partial charge in [0.2, 0.25) is 5.82 Å². The highest BCUT2D eigenvalue weighted by molar-refractivity contribution is 6.00. The molecule has 2 N–H and O–H groups in total. The van der Waals surface area contributed by atoms with Crippen LogP contribution in [0.25, 0.3) is 0 Å². The lowest BCUT2D eigenvalue weighted by atomic mass is 9.85. The Morgan fingerprint density at radius 2 is 1.56 bits per heavy atom. The van der Waals surface area contributed by atoms with E-state index in [2.05, 4.69) is 15.6 Å². The Kier molecular flexibility index (Phi) is 7.46. The summed E-state index contributed by atoms with van der Waals surface area (Å²) in [7, 11) is 1.38. The Morgan fingerprint density at radius 1 is 1.03 bits per heavy atom. The average molecular weight is 497 g/mol. The van der Waals surface area contributed by atoms with Crippen molar-refractivity contribution in [3.63, 3.8) is 0 Å². The van der Waals surface area contributed by atoms with Crippen molar-refractivity contribution in [2.45, 2.75) is 56.9 Å². The van der Waals surface area contributed by atoms with E-state index in [1.165, 1.54) is 11.9 Å². The number of hydrogen-bond donors (Lipinski definition) is 2. The van der Waals surface area contributed by atoms with Gasteiger partial charge in [0.1, 0.15) is 5.82 Å². The highest BCUT2D eigenvalue weighted by Gasteiger charge is 2.43. The van der Waals surface area contributed by atoms with Crippen LogP contribution in [-0.4, -0.2) is 54.3 Å². The van der Waals surface area contributed by atoms with Crippen LogP contribution in [0.4, 0.5) is 43.7 Å². The predicted molar refractivity (Wildman–Crippen MR) is 111 cm³/mol. The zero-order chi connectivity index (χ0) is 25.3. The van der Waals surface area contributed by atoms with Gasteiger partial charge in [-0.25, -0.2) is 4.98 Å². The maximum Gasteiger partial charge on any atom is 0.391 e. The number of amides is 1. The standard InChI is InChI=1S/C20H25F6N5O3/c1-27-16-15(31(33)34)10-14(17(29-16)30-8-6-12(7-9-30)20(24,25)26)18(32)28-13-4-2-11(3-5-13)19(21,22)23/h10-13H,2-9H2,1H3,(H,27,29)(H,28,32)/t11-,13-. The van der Waals surface area contributed by atoms with Crippen molar-refractivity contribution in [3.8, 4) is 0 Å². The first-order valence-corrected chi connectivity index (χ1v) is 10.9. The van der Waals surface area contributed by atoms with Gasteiger partial charge in [-0.05, 0) is 38.5 Å². The van der Waals surface area contributed by atoms with Crippen LogP contribution >= 0.6 is 0 Å². The molecule has 1 aliphatic carbocycles. The topological polar surface area (TPSA) is 100 Å². The van der Waals surface area contributed by atoms with Crippen LogP contribution in [0.15, 0.2) is 6.07 Å². The van der Waals surface area contributed by atoms with Gasteiger partial charge in [0, 0.05) is 32.2 Å². The van der Waals surface area contributed by atoms with Crippen molar-refractivity contribution >= 4 is 23.2 Å². The minimum atomic E-state index is -4.35. The van der Waals surface area contributed by atoms with Gasteiger partial charge in [0.25, 0.3) is 5.91 Å². The van der Waals surface area contributed by atoms with Crippen molar-refractivity contribution in [2.75, 3.05) is 30.4 Å². The second-order valence-corrected chi connectivity index (χ2v) is 8.60. The second-order valence-electron chi connectivity index (χ2n) is 8.60. The first-order chi connectivity index (χ1) is 15.8. The third-order valence-corrected chi connectivity index (χ3v) is 6.44. The molecule has 14 heteroatoms. The Morgan fingerprint density at radius 3 is 2.03 bits per heavy atom. The molecule has 0 unspecified atom stereocenters. The molecule has 2 aliphatic rings. The number of nitro groups is 1. The number of anilines is 2. The molecular formula is C20H25F6N5O3. The number of alkyl halides is 6. The number of nitrogens with zero attached hydrogens (tertiary/aromatic N) is 3. The Hall–Kier alpha value is -2.80. The van der Waals surface area contributed by atoms with Crippen LogP contribution in [0, 0.1) is 22.0 Å². The molecule has 3 rings (SSSR count). The SMILES string of the molecule is CNc1nc(N2CCC(C(F)(F)F)CC2)c(C(=O)N[C@H]2CC[C@H](C(F)(F)F)CC2)cc1[N+](=O)[O-]. The number of carbonyl (C=O) groups excluding carboxylic acids is 1. The van der Waals surface area contributed by atoms with Crippen LogP contribution < -0.4 is 15.5 Å². The van der Waals surface area contributed by atoms with Gasteiger partial charge in [-0.2, -0.15) is 26.3 Å². The first-order valence-electron chi connectivity index (χ1n) is 10.9. The molecule has 8 nitrogen and oxygen atoms in total. The summed E-state index contributed by atoms with van der Waals surface area (Å²) in [5.74, 6) is -3.85. The van der Waals surface area contributed by atoms with Crippen molar-refractivity contribution in [1.82, 2.24) is 10.3 Å². The zero-order valence-corrected chi connectivity index (χ0v) is 18.3. The molecule has 0 bridgehead atoms. The minimum Gasteiger partial charge on any atom is -0.367 e. The largest absolute Gasteiger partial charge is 0.391 e. The van der Waals surface area contributed by atoms with Crippen molar-refractivity contribution in [1.29, 1.82) is 0 Å². The molecule has 0 atom stereocenters. The lowest BCUT2D eigenvalue weighted by Gasteiger charge is -2.35. The molecule has 2 heterocycles. The van der Waals surface area contributed by atoms with E-state index in [1.807, 2.05) is 0 Å². The van der Waals surface area contributed by atoms with Crippen LogP contribution in [0.5, 0.6) is 0 Å². The molecule has 1 saturated carbocycles. The Balaban J connectivity index is 1.83. The Labute approximate surface area is 191 Å². The van der Waals surface area contributed by atoms with E-state index in [-0.39, 0.29) is 68.8 Å². The first kappa shape index (κ1) is 25.8. The van der Waals surface area contributed by atoms with Gasteiger partial charge in [0.05, 0.1) is 22.3 Å². The van der Waals surface area contributed by atoms with Crippen LogP contribution in [0.3, 0.4) is 0 Å². The van der Waals surface area contributed by atoms with Gasteiger partial charge in [-0.15, -0.1) is 0 Å². The number of carbonyl (C=O) groups is 1. The molecule has 1 saturated heterocycles. The summed E-state index contributed by atoms with van der Waals surface area (Å²) >= 11 is 0. The quantitative estimate of drug-likeness (QED) is 0.349. The summed E-state index contributed by atoms with van der Waals surface area (Å²) in [5.41, 5.74) is -0.698. The molecule has 190 valence electrons. The van der Waals surface area contributed by atoms with E-state index in [1.54, 1.807) is 0 Å². The lowest BCUT2D eigenvalue weighted by Crippen LogP contribution is -2.42. The number of hydrogen-bond acceptors (Lipinski definition) is 6. The van der Waals surface area contributed by atoms with E-state index in [9.17, 15) is 41.3 Å². The third-order valence-electron chi connectivity index (χ3n) is 6.44. The van der Waals surface area contributed by atoms with Gasteiger partial charge in [-0.3, -0.25) is 14.9 Å². The number of rotatable bonds is 5. The number of nitrogens with one attached hydrogen (secondary N) is 2. The smallest absolute Gasteiger partial charge is 0.367 e. The van der Waals surface area contributed by atoms with E-state index < -0.39 is 46.7 Å². The monoisotopic (exact) mass is 497 g/mol. The fraction of sp³-hybridized carbons (Fsp3) is 0.700. The van der Waals surface area contributed by atoms with Crippen LogP contribution in [0.2, 0.25) is 0 Å². The molecule has 0 radical (unpaired) electrons. The van der Waals surface area contributed by atoms with Gasteiger partial charge in [-0.1, -0.05) is 0 Å². The molecule has 0 aromatic carbocycles. The molecule has 1 aromatic heterocycles. The van der Waals surface area contributed by atoms with Crippen LogP contribution in [-0.2, 0) is 0 Å². The molecule has 1 aromatic rings. The van der Waals surface area contributed by atoms with Gasteiger partial charge in [0.15, 0.2) is 0 Å². The second kappa shape index (κ2) is 9.82. The third kappa shape index (κ3) is 5.81. The van der Waals surface area contributed by atoms with Gasteiger partial charge >= 0.3 is 18.0 Å². The summed E-state index contributed by atoms with van der Waals surface area (Å²) in [6.45, 7) is -0.121. The fourth-order valence-electron chi connectivity index (χ4n) is 4.47. The number of piperidine rings is 1. The highest BCUT2D eigenvalue weighted by atomic mass is 19.4. The normalized spacial score (nSPS) is 22.4. The molecule has 1 aliphatic heterocycles. The summed E-state index contributed by atoms with van der Waals surface area (Å²) in [4.78, 5) is 29.4. The van der Waals surface area contributed by atoms with Crippen molar-refractivity contribution in [3.05, 3.63) is 21.7 Å². The van der Waals surface area contributed by atoms with E-state index >= 15 is 0 Å². The molecular weight excluding hydrogens is 472 g/mol. The highest BCUT2D eigenvalue weighted by Crippen LogP contribution is 2.39. The zero-order valence-electron chi connectivity index (χ0n) is 18.3. The molecule has 0 spiro atoms. The lowest BCUT2D eigenvalue weighted by molar-refractivity contribution is -0.384. The predicted octanol–water partition coefficient (Wildman–Crippen LogP) is 4.66. The van der Waals surface area contributed by atoms with Crippen molar-refractivity contribution < 1.29 is 36.1 Å². The number of halogens is 6. The van der Waals surface area contributed by atoms with Gasteiger partial charge < -0.3 is 15.5 Å². The number of pyridine rings is 1.